The van der Waals surface area contributed by atoms with Crippen molar-refractivity contribution in [1.82, 2.24) is 10.6 Å². The Morgan fingerprint density at radius 3 is 2.28 bits per heavy atom. The molecular weight excluding hydrogens is 423 g/mol. The van der Waals surface area contributed by atoms with Gasteiger partial charge in [0.05, 0.1) is 11.6 Å². The van der Waals surface area contributed by atoms with Crippen LogP contribution >= 0.6 is 24.0 Å². The summed E-state index contributed by atoms with van der Waals surface area (Å²) < 4.78 is 0. The molecule has 0 aromatic heterocycles. The molecule has 0 fully saturated rings. The van der Waals surface area contributed by atoms with Gasteiger partial charge in [-0.2, -0.15) is 5.26 Å². The van der Waals surface area contributed by atoms with E-state index in [-0.39, 0.29) is 30.0 Å². The van der Waals surface area contributed by atoms with Gasteiger partial charge in [-0.25, -0.2) is 0 Å². The third kappa shape index (κ3) is 6.39. The van der Waals surface area contributed by atoms with Gasteiger partial charge in [0.2, 0.25) is 0 Å². The lowest BCUT2D eigenvalue weighted by molar-refractivity contribution is 0.550. The molecule has 2 rings (SSSR count). The van der Waals surface area contributed by atoms with Crippen LogP contribution in [0.4, 0.5) is 0 Å². The average Bonchev–Trinajstić information content (AvgIpc) is 2.65. The molecule has 0 saturated carbocycles. The summed E-state index contributed by atoms with van der Waals surface area (Å²) in [4.78, 5) is 4.29. The molecule has 0 amide bonds. The van der Waals surface area contributed by atoms with E-state index < -0.39 is 0 Å². The lowest BCUT2D eigenvalue weighted by atomic mass is 9.94. The minimum Gasteiger partial charge on any atom is -0.353 e. The first kappa shape index (κ1) is 21.0. The van der Waals surface area contributed by atoms with Gasteiger partial charge in [0.25, 0.3) is 0 Å². The molecule has 0 radical (unpaired) electrons. The van der Waals surface area contributed by atoms with Gasteiger partial charge in [0.1, 0.15) is 0 Å². The van der Waals surface area contributed by atoms with Gasteiger partial charge in [0, 0.05) is 25.6 Å². The van der Waals surface area contributed by atoms with E-state index in [2.05, 4.69) is 59.8 Å². The van der Waals surface area contributed by atoms with Crippen LogP contribution in [0.3, 0.4) is 0 Å². The number of nitrogens with zero attached hydrogens (tertiary/aromatic N) is 2. The van der Waals surface area contributed by atoms with E-state index in [4.69, 9.17) is 5.26 Å². The molecule has 2 atom stereocenters. The van der Waals surface area contributed by atoms with Crippen molar-refractivity contribution in [2.24, 2.45) is 4.99 Å². The molecule has 0 heterocycles. The van der Waals surface area contributed by atoms with Crippen LogP contribution in [0.5, 0.6) is 0 Å². The highest BCUT2D eigenvalue weighted by Crippen LogP contribution is 2.18. The van der Waals surface area contributed by atoms with E-state index in [9.17, 15) is 0 Å². The zero-order valence-corrected chi connectivity index (χ0v) is 17.2. The molecule has 0 saturated heterocycles. The molecule has 132 valence electrons. The number of hydrogen-bond acceptors (Lipinski definition) is 2. The summed E-state index contributed by atoms with van der Waals surface area (Å²) in [6.07, 6.45) is 0. The number of rotatable bonds is 5. The summed E-state index contributed by atoms with van der Waals surface area (Å²) in [5, 5.41) is 15.6. The summed E-state index contributed by atoms with van der Waals surface area (Å²) in [5.74, 6) is 1.15. The smallest absolute Gasteiger partial charge is 0.191 e. The lowest BCUT2D eigenvalue weighted by Gasteiger charge is -2.24. The predicted molar refractivity (Wildman–Crippen MR) is 114 cm³/mol. The van der Waals surface area contributed by atoms with Crippen LogP contribution in [0.15, 0.2) is 59.6 Å². The monoisotopic (exact) mass is 448 g/mol. The van der Waals surface area contributed by atoms with E-state index in [1.165, 1.54) is 5.56 Å². The molecular formula is C20H25IN4. The zero-order valence-electron chi connectivity index (χ0n) is 14.9. The Hall–Kier alpha value is -2.07. The summed E-state index contributed by atoms with van der Waals surface area (Å²) in [5.41, 5.74) is 3.09. The Kier molecular flexibility index (Phi) is 9.00. The van der Waals surface area contributed by atoms with E-state index in [0.29, 0.717) is 18.0 Å². The maximum atomic E-state index is 8.83. The molecule has 0 aliphatic rings. The largest absolute Gasteiger partial charge is 0.353 e. The molecule has 2 N–H and O–H groups in total. The highest BCUT2D eigenvalue weighted by Gasteiger charge is 2.15. The first-order valence-corrected chi connectivity index (χ1v) is 8.15. The number of benzene rings is 2. The highest BCUT2D eigenvalue weighted by molar-refractivity contribution is 14.0. The van der Waals surface area contributed by atoms with E-state index in [1.807, 2.05) is 30.3 Å². The number of guanidine groups is 1. The van der Waals surface area contributed by atoms with Crippen LogP contribution in [0.2, 0.25) is 0 Å². The van der Waals surface area contributed by atoms with Crippen LogP contribution in [0.1, 0.15) is 36.5 Å². The van der Waals surface area contributed by atoms with E-state index in [0.717, 1.165) is 11.5 Å². The third-order valence-electron chi connectivity index (χ3n) is 4.21. The fourth-order valence-electron chi connectivity index (χ4n) is 2.46. The van der Waals surface area contributed by atoms with Crippen LogP contribution in [-0.4, -0.2) is 19.0 Å². The second-order valence-electron chi connectivity index (χ2n) is 5.87. The van der Waals surface area contributed by atoms with Crippen molar-refractivity contribution < 1.29 is 0 Å². The van der Waals surface area contributed by atoms with Crippen molar-refractivity contribution in [3.63, 3.8) is 0 Å². The SMILES string of the molecule is CN=C(NCc1ccc(C#N)cc1)NC(C)C(C)c1ccccc1.I. The quantitative estimate of drug-likeness (QED) is 0.413. The van der Waals surface area contributed by atoms with Gasteiger partial charge >= 0.3 is 0 Å². The third-order valence-corrected chi connectivity index (χ3v) is 4.21. The molecule has 4 nitrogen and oxygen atoms in total. The average molecular weight is 448 g/mol. The van der Waals surface area contributed by atoms with Crippen molar-refractivity contribution in [3.8, 4) is 6.07 Å². The van der Waals surface area contributed by atoms with Gasteiger partial charge < -0.3 is 10.6 Å². The molecule has 2 unspecified atom stereocenters. The fraction of sp³-hybridized carbons (Fsp3) is 0.300. The minimum atomic E-state index is 0. The second-order valence-corrected chi connectivity index (χ2v) is 5.87. The maximum absolute atomic E-state index is 8.83. The number of nitrogens with one attached hydrogen (secondary N) is 2. The van der Waals surface area contributed by atoms with E-state index in [1.54, 1.807) is 7.05 Å². The number of aliphatic imine (C=N–C) groups is 1. The molecule has 2 aromatic rings. The Labute approximate surface area is 167 Å². The summed E-state index contributed by atoms with van der Waals surface area (Å²) >= 11 is 0. The predicted octanol–water partition coefficient (Wildman–Crippen LogP) is 4.03. The molecule has 25 heavy (non-hydrogen) atoms. The summed E-state index contributed by atoms with van der Waals surface area (Å²) in [6, 6.07) is 20.4. The Balaban J connectivity index is 0.00000312. The molecule has 0 bridgehead atoms. The van der Waals surface area contributed by atoms with Gasteiger partial charge in [0.15, 0.2) is 5.96 Å². The van der Waals surface area contributed by atoms with Crippen molar-refractivity contribution >= 4 is 29.9 Å². The van der Waals surface area contributed by atoms with Crippen molar-refractivity contribution in [2.75, 3.05) is 7.05 Å². The van der Waals surface area contributed by atoms with E-state index >= 15 is 0 Å². The zero-order chi connectivity index (χ0) is 17.4. The van der Waals surface area contributed by atoms with Crippen LogP contribution in [-0.2, 0) is 6.54 Å². The molecule has 0 aliphatic carbocycles. The van der Waals surface area contributed by atoms with Crippen molar-refractivity contribution in [3.05, 3.63) is 71.3 Å². The van der Waals surface area contributed by atoms with Crippen LogP contribution in [0, 0.1) is 11.3 Å². The molecule has 5 heteroatoms. The highest BCUT2D eigenvalue weighted by atomic mass is 127. The Morgan fingerprint density at radius 1 is 1.08 bits per heavy atom. The van der Waals surface area contributed by atoms with Crippen molar-refractivity contribution in [2.45, 2.75) is 32.4 Å². The molecule has 0 aliphatic heterocycles. The fourth-order valence-corrected chi connectivity index (χ4v) is 2.46. The second kappa shape index (κ2) is 10.7. The van der Waals surface area contributed by atoms with Gasteiger partial charge in [-0.05, 0) is 30.2 Å². The topological polar surface area (TPSA) is 60.2 Å². The normalized spacial score (nSPS) is 13.1. The van der Waals surface area contributed by atoms with Crippen LogP contribution in [0.25, 0.3) is 0 Å². The number of nitriles is 1. The summed E-state index contributed by atoms with van der Waals surface area (Å²) in [6.45, 7) is 5.03. The van der Waals surface area contributed by atoms with Gasteiger partial charge in [-0.15, -0.1) is 24.0 Å². The maximum Gasteiger partial charge on any atom is 0.191 e. The first-order valence-electron chi connectivity index (χ1n) is 8.15. The first-order chi connectivity index (χ1) is 11.6. The number of halogens is 1. The lowest BCUT2D eigenvalue weighted by Crippen LogP contribution is -2.43. The van der Waals surface area contributed by atoms with Gasteiger partial charge in [-0.3, -0.25) is 4.99 Å². The van der Waals surface area contributed by atoms with Gasteiger partial charge in [-0.1, -0.05) is 49.4 Å². The van der Waals surface area contributed by atoms with Crippen molar-refractivity contribution in [1.29, 1.82) is 5.26 Å². The number of hydrogen-bond donors (Lipinski definition) is 2. The molecule has 2 aromatic carbocycles. The summed E-state index contributed by atoms with van der Waals surface area (Å²) in [7, 11) is 1.77. The minimum absolute atomic E-state index is 0. The molecule has 0 spiro atoms. The Bertz CT molecular complexity index is 705. The van der Waals surface area contributed by atoms with Crippen LogP contribution < -0.4 is 10.6 Å². The standard InChI is InChI=1S/C20H24N4.HI/c1-15(19-7-5-4-6-8-19)16(2)24-20(22-3)23-14-18-11-9-17(13-21)10-12-18;/h4-12,15-16H,14H2,1-3H3,(H2,22,23,24);1H. The Morgan fingerprint density at radius 2 is 1.72 bits per heavy atom.